The molecule has 1 aromatic rings. The van der Waals surface area contributed by atoms with E-state index >= 15 is 0 Å². The Kier molecular flexibility index (Phi) is 3.39. The fourth-order valence-electron chi connectivity index (χ4n) is 0.999. The number of benzene rings is 1. The first-order valence-corrected chi connectivity index (χ1v) is 5.85. The van der Waals surface area contributed by atoms with E-state index in [4.69, 9.17) is 11.6 Å². The summed E-state index contributed by atoms with van der Waals surface area (Å²) < 4.78 is 58.6. The minimum Gasteiger partial charge on any atom is -0.387 e. The lowest BCUT2D eigenvalue weighted by molar-refractivity contribution is -0.0435. The number of rotatable bonds is 2. The van der Waals surface area contributed by atoms with E-state index in [1.807, 2.05) is 0 Å². The molecule has 0 spiro atoms. The fourth-order valence-corrected chi connectivity index (χ4v) is 2.13. The van der Waals surface area contributed by atoms with Crippen LogP contribution in [-0.4, -0.2) is 21.0 Å². The number of hydrogen-bond acceptors (Lipinski definition) is 3. The molecule has 0 atom stereocenters. The van der Waals surface area contributed by atoms with E-state index in [1.54, 1.807) is 0 Å². The molecule has 0 fully saturated rings. The summed E-state index contributed by atoms with van der Waals surface area (Å²) in [6.45, 7) is 0. The zero-order valence-corrected chi connectivity index (χ0v) is 9.54. The van der Waals surface area contributed by atoms with Gasteiger partial charge < -0.3 is 5.32 Å². The summed E-state index contributed by atoms with van der Waals surface area (Å²) in [4.78, 5) is -0.871. The molecule has 0 saturated heterocycles. The Morgan fingerprint density at radius 3 is 2.25 bits per heavy atom. The van der Waals surface area contributed by atoms with Crippen LogP contribution in [0.3, 0.4) is 0 Å². The van der Waals surface area contributed by atoms with Gasteiger partial charge in [-0.3, -0.25) is 0 Å². The minimum absolute atomic E-state index is 0.0900. The molecule has 1 rings (SSSR count). The minimum atomic E-state index is -5.34. The van der Waals surface area contributed by atoms with Gasteiger partial charge in [-0.25, -0.2) is 8.42 Å². The quantitative estimate of drug-likeness (QED) is 0.901. The predicted molar refractivity (Wildman–Crippen MR) is 54.2 cm³/mol. The van der Waals surface area contributed by atoms with Crippen molar-refractivity contribution in [1.82, 2.24) is 0 Å². The van der Waals surface area contributed by atoms with Gasteiger partial charge >= 0.3 is 5.51 Å². The van der Waals surface area contributed by atoms with Gasteiger partial charge in [0.25, 0.3) is 9.84 Å². The van der Waals surface area contributed by atoms with Crippen LogP contribution in [0.2, 0.25) is 5.02 Å². The summed E-state index contributed by atoms with van der Waals surface area (Å²) in [6, 6.07) is 2.78. The van der Waals surface area contributed by atoms with Crippen LogP contribution in [0.1, 0.15) is 0 Å². The number of nitrogens with one attached hydrogen (secondary N) is 1. The highest BCUT2D eigenvalue weighted by atomic mass is 35.5. The molecule has 0 saturated carbocycles. The van der Waals surface area contributed by atoms with E-state index in [0.717, 1.165) is 12.1 Å². The Labute approximate surface area is 95.1 Å². The lowest BCUT2D eigenvalue weighted by Crippen LogP contribution is -2.23. The average Bonchev–Trinajstić information content (AvgIpc) is 2.15. The second kappa shape index (κ2) is 4.14. The predicted octanol–water partition coefficient (Wildman–Crippen LogP) is 2.68. The van der Waals surface area contributed by atoms with Crippen LogP contribution >= 0.6 is 11.6 Å². The van der Waals surface area contributed by atoms with Gasteiger partial charge in [-0.2, -0.15) is 13.2 Å². The van der Waals surface area contributed by atoms with E-state index in [1.165, 1.54) is 13.1 Å². The summed E-state index contributed by atoms with van der Waals surface area (Å²) in [5.41, 5.74) is -4.97. The maximum absolute atomic E-state index is 12.2. The molecule has 1 N–H and O–H groups in total. The molecule has 0 heterocycles. The highest BCUT2D eigenvalue weighted by Crippen LogP contribution is 2.33. The standard InChI is InChI=1S/C8H7ClF3NO2S/c1-13-7-3-2-5(4-6(7)9)16(14,15)8(10,11)12/h2-4,13H,1H3. The first-order chi connectivity index (χ1) is 7.20. The van der Waals surface area contributed by atoms with E-state index in [2.05, 4.69) is 5.32 Å². The van der Waals surface area contributed by atoms with Crippen LogP contribution in [0, 0.1) is 0 Å². The van der Waals surface area contributed by atoms with Crippen LogP contribution in [-0.2, 0) is 9.84 Å². The lowest BCUT2D eigenvalue weighted by Gasteiger charge is -2.09. The van der Waals surface area contributed by atoms with Gasteiger partial charge in [0.15, 0.2) is 0 Å². The van der Waals surface area contributed by atoms with Crippen molar-refractivity contribution in [2.24, 2.45) is 0 Å². The molecular formula is C8H7ClF3NO2S. The Balaban J connectivity index is 3.32. The third-order valence-corrected chi connectivity index (χ3v) is 3.62. The van der Waals surface area contributed by atoms with Crippen molar-refractivity contribution in [3.05, 3.63) is 23.2 Å². The molecule has 8 heteroatoms. The molecule has 1 aromatic carbocycles. The van der Waals surface area contributed by atoms with E-state index in [9.17, 15) is 21.6 Å². The molecular weight excluding hydrogens is 267 g/mol. The van der Waals surface area contributed by atoms with Crippen molar-refractivity contribution in [2.45, 2.75) is 10.4 Å². The van der Waals surface area contributed by atoms with E-state index < -0.39 is 20.2 Å². The number of hydrogen-bond donors (Lipinski definition) is 1. The molecule has 90 valence electrons. The third-order valence-electron chi connectivity index (χ3n) is 1.82. The van der Waals surface area contributed by atoms with E-state index in [0.29, 0.717) is 5.69 Å². The average molecular weight is 274 g/mol. The maximum Gasteiger partial charge on any atom is 0.501 e. The zero-order valence-electron chi connectivity index (χ0n) is 7.97. The number of alkyl halides is 3. The van der Waals surface area contributed by atoms with Gasteiger partial charge in [0.2, 0.25) is 0 Å². The van der Waals surface area contributed by atoms with Crippen molar-refractivity contribution in [3.63, 3.8) is 0 Å². The molecule has 0 aliphatic carbocycles. The van der Waals surface area contributed by atoms with Crippen molar-refractivity contribution >= 4 is 27.1 Å². The largest absolute Gasteiger partial charge is 0.501 e. The number of halogens is 4. The first kappa shape index (κ1) is 13.1. The Bertz CT molecular complexity index is 498. The van der Waals surface area contributed by atoms with Gasteiger partial charge in [0.1, 0.15) is 0 Å². The molecule has 0 aliphatic rings. The summed E-state index contributed by atoms with van der Waals surface area (Å²) in [5, 5.41) is 2.51. The Morgan fingerprint density at radius 1 is 1.31 bits per heavy atom. The molecule has 0 aliphatic heterocycles. The molecule has 0 unspecified atom stereocenters. The third kappa shape index (κ3) is 2.25. The van der Waals surface area contributed by atoms with Gasteiger partial charge in [-0.15, -0.1) is 0 Å². The Hall–Kier alpha value is -0.950. The van der Waals surface area contributed by atoms with Gasteiger partial charge in [0.05, 0.1) is 15.6 Å². The van der Waals surface area contributed by atoms with Crippen molar-refractivity contribution in [2.75, 3.05) is 12.4 Å². The van der Waals surface area contributed by atoms with Crippen LogP contribution in [0.5, 0.6) is 0 Å². The Morgan fingerprint density at radius 2 is 1.88 bits per heavy atom. The van der Waals surface area contributed by atoms with Crippen LogP contribution in [0.15, 0.2) is 23.1 Å². The van der Waals surface area contributed by atoms with Gasteiger partial charge in [-0.05, 0) is 18.2 Å². The summed E-state index contributed by atoms with van der Waals surface area (Å²) >= 11 is 5.59. The van der Waals surface area contributed by atoms with Crippen LogP contribution in [0.4, 0.5) is 18.9 Å². The monoisotopic (exact) mass is 273 g/mol. The molecule has 0 aromatic heterocycles. The topological polar surface area (TPSA) is 46.2 Å². The van der Waals surface area contributed by atoms with Crippen LogP contribution < -0.4 is 5.32 Å². The normalized spacial score (nSPS) is 12.6. The second-order valence-corrected chi connectivity index (χ2v) is 5.19. The van der Waals surface area contributed by atoms with Crippen molar-refractivity contribution in [1.29, 1.82) is 0 Å². The lowest BCUT2D eigenvalue weighted by atomic mass is 10.3. The highest BCUT2D eigenvalue weighted by Gasteiger charge is 2.46. The molecule has 0 amide bonds. The zero-order chi connectivity index (χ0) is 12.6. The van der Waals surface area contributed by atoms with Crippen molar-refractivity contribution in [3.8, 4) is 0 Å². The molecule has 3 nitrogen and oxygen atoms in total. The van der Waals surface area contributed by atoms with E-state index in [-0.39, 0.29) is 5.02 Å². The number of sulfone groups is 1. The summed E-state index contributed by atoms with van der Waals surface area (Å²) in [7, 11) is -3.82. The SMILES string of the molecule is CNc1ccc(S(=O)(=O)C(F)(F)F)cc1Cl. The van der Waals surface area contributed by atoms with Crippen molar-refractivity contribution < 1.29 is 21.6 Å². The fraction of sp³-hybridized carbons (Fsp3) is 0.250. The molecule has 16 heavy (non-hydrogen) atoms. The molecule has 0 bridgehead atoms. The molecule has 0 radical (unpaired) electrons. The van der Waals surface area contributed by atoms with Crippen LogP contribution in [0.25, 0.3) is 0 Å². The highest BCUT2D eigenvalue weighted by molar-refractivity contribution is 7.92. The summed E-state index contributed by atoms with van der Waals surface area (Å²) in [5.74, 6) is 0. The van der Waals surface area contributed by atoms with Gasteiger partial charge in [-0.1, -0.05) is 11.6 Å². The smallest absolute Gasteiger partial charge is 0.387 e. The number of anilines is 1. The first-order valence-electron chi connectivity index (χ1n) is 3.99. The van der Waals surface area contributed by atoms with Gasteiger partial charge in [0, 0.05) is 7.05 Å². The second-order valence-electron chi connectivity index (χ2n) is 2.84. The summed E-state index contributed by atoms with van der Waals surface area (Å²) in [6.07, 6.45) is 0. The maximum atomic E-state index is 12.2.